The summed E-state index contributed by atoms with van der Waals surface area (Å²) in [7, 11) is -3.29. The molecule has 0 radical (unpaired) electrons. The molecule has 0 N–H and O–H groups in total. The van der Waals surface area contributed by atoms with Gasteiger partial charge < -0.3 is 0 Å². The SMILES string of the molecule is CC1C(C)N1S(=O)(=O)c1ccc(C(C)(C)C)cc1. The second-order valence-electron chi connectivity index (χ2n) is 6.09. The number of benzene rings is 1. The lowest BCUT2D eigenvalue weighted by molar-refractivity contribution is 0.548. The van der Waals surface area contributed by atoms with Gasteiger partial charge in [-0.05, 0) is 37.0 Å². The van der Waals surface area contributed by atoms with Crippen LogP contribution in [0, 0.1) is 0 Å². The third-order valence-electron chi connectivity index (χ3n) is 3.71. The molecule has 4 heteroatoms. The van der Waals surface area contributed by atoms with Crippen molar-refractivity contribution in [3.63, 3.8) is 0 Å². The van der Waals surface area contributed by atoms with Crippen LogP contribution in [0.15, 0.2) is 29.2 Å². The van der Waals surface area contributed by atoms with Crippen LogP contribution in [0.2, 0.25) is 0 Å². The summed E-state index contributed by atoms with van der Waals surface area (Å²) in [6.07, 6.45) is 0. The summed E-state index contributed by atoms with van der Waals surface area (Å²) in [4.78, 5) is 0.395. The van der Waals surface area contributed by atoms with Gasteiger partial charge in [0, 0.05) is 12.1 Å². The van der Waals surface area contributed by atoms with Gasteiger partial charge in [-0.1, -0.05) is 32.9 Å². The van der Waals surface area contributed by atoms with E-state index in [9.17, 15) is 8.42 Å². The third-order valence-corrected chi connectivity index (χ3v) is 5.80. The highest BCUT2D eigenvalue weighted by Gasteiger charge is 2.49. The molecule has 0 amide bonds. The molecule has 0 aliphatic carbocycles. The molecule has 1 fully saturated rings. The van der Waals surface area contributed by atoms with Crippen LogP contribution >= 0.6 is 0 Å². The van der Waals surface area contributed by atoms with Crippen molar-refractivity contribution in [3.05, 3.63) is 29.8 Å². The summed E-state index contributed by atoms with van der Waals surface area (Å²) < 4.78 is 26.2. The molecule has 1 aromatic rings. The van der Waals surface area contributed by atoms with Crippen LogP contribution in [0.25, 0.3) is 0 Å². The van der Waals surface area contributed by atoms with Crippen LogP contribution in [0.5, 0.6) is 0 Å². The molecule has 2 rings (SSSR count). The van der Waals surface area contributed by atoms with Gasteiger partial charge in [0.1, 0.15) is 0 Å². The monoisotopic (exact) mass is 267 g/mol. The summed E-state index contributed by atoms with van der Waals surface area (Å²) in [5.74, 6) is 0. The number of nitrogens with zero attached hydrogens (tertiary/aromatic N) is 1. The predicted molar refractivity (Wildman–Crippen MR) is 73.1 cm³/mol. The zero-order valence-corrected chi connectivity index (χ0v) is 12.5. The Morgan fingerprint density at radius 1 is 1.00 bits per heavy atom. The molecule has 0 aromatic heterocycles. The molecule has 1 aromatic carbocycles. The molecule has 2 unspecified atom stereocenters. The maximum Gasteiger partial charge on any atom is 0.243 e. The van der Waals surface area contributed by atoms with E-state index < -0.39 is 10.0 Å². The molecule has 1 saturated heterocycles. The standard InChI is InChI=1S/C14H21NO2S/c1-10-11(2)15(10)18(16,17)13-8-6-12(7-9-13)14(3,4)5/h6-11H,1-5H3. The Bertz CT molecular complexity index is 532. The molecule has 0 saturated carbocycles. The normalized spacial score (nSPS) is 28.2. The van der Waals surface area contributed by atoms with E-state index in [1.54, 1.807) is 16.4 Å². The minimum absolute atomic E-state index is 0.0444. The lowest BCUT2D eigenvalue weighted by Gasteiger charge is -2.19. The van der Waals surface area contributed by atoms with E-state index in [2.05, 4.69) is 20.8 Å². The molecule has 1 aliphatic rings. The Hall–Kier alpha value is -0.870. The summed E-state index contributed by atoms with van der Waals surface area (Å²) in [5.41, 5.74) is 1.19. The van der Waals surface area contributed by atoms with Crippen molar-refractivity contribution in [2.75, 3.05) is 0 Å². The van der Waals surface area contributed by atoms with Gasteiger partial charge in [-0.2, -0.15) is 4.31 Å². The highest BCUT2D eigenvalue weighted by Crippen LogP contribution is 2.35. The highest BCUT2D eigenvalue weighted by atomic mass is 32.2. The van der Waals surface area contributed by atoms with Crippen LogP contribution in [0.1, 0.15) is 40.2 Å². The van der Waals surface area contributed by atoms with Gasteiger partial charge >= 0.3 is 0 Å². The maximum absolute atomic E-state index is 12.3. The first kappa shape index (κ1) is 13.6. The number of hydrogen-bond acceptors (Lipinski definition) is 2. The highest BCUT2D eigenvalue weighted by molar-refractivity contribution is 7.89. The summed E-state index contributed by atoms with van der Waals surface area (Å²) >= 11 is 0. The average Bonchev–Trinajstić information content (AvgIpc) is 2.86. The van der Waals surface area contributed by atoms with Crippen LogP contribution in [0.3, 0.4) is 0 Å². The second kappa shape index (κ2) is 4.07. The number of rotatable bonds is 2. The quantitative estimate of drug-likeness (QED) is 0.773. The van der Waals surface area contributed by atoms with Crippen LogP contribution in [0.4, 0.5) is 0 Å². The Morgan fingerprint density at radius 3 is 1.78 bits per heavy atom. The summed E-state index contributed by atoms with van der Waals surface area (Å²) in [6.45, 7) is 10.2. The van der Waals surface area contributed by atoms with E-state index in [4.69, 9.17) is 0 Å². The van der Waals surface area contributed by atoms with Gasteiger partial charge in [-0.25, -0.2) is 8.42 Å². The summed E-state index contributed by atoms with van der Waals surface area (Å²) in [5, 5.41) is 0. The zero-order valence-electron chi connectivity index (χ0n) is 11.6. The van der Waals surface area contributed by atoms with Crippen LogP contribution in [-0.2, 0) is 15.4 Å². The van der Waals surface area contributed by atoms with Crippen molar-refractivity contribution >= 4 is 10.0 Å². The van der Waals surface area contributed by atoms with E-state index in [-0.39, 0.29) is 17.5 Å². The van der Waals surface area contributed by atoms with Crippen molar-refractivity contribution < 1.29 is 8.42 Å². The Labute approximate surface area is 110 Å². The fourth-order valence-electron chi connectivity index (χ4n) is 2.16. The Morgan fingerprint density at radius 2 is 1.44 bits per heavy atom. The van der Waals surface area contributed by atoms with Crippen molar-refractivity contribution in [3.8, 4) is 0 Å². The third kappa shape index (κ3) is 2.19. The topological polar surface area (TPSA) is 37.1 Å². The van der Waals surface area contributed by atoms with Crippen LogP contribution in [-0.4, -0.2) is 24.8 Å². The first-order valence-corrected chi connectivity index (χ1v) is 7.74. The van der Waals surface area contributed by atoms with Gasteiger partial charge in [0.15, 0.2) is 0 Å². The maximum atomic E-state index is 12.3. The molecule has 0 bridgehead atoms. The van der Waals surface area contributed by atoms with Crippen molar-refractivity contribution in [2.45, 2.75) is 57.0 Å². The van der Waals surface area contributed by atoms with E-state index >= 15 is 0 Å². The second-order valence-corrected chi connectivity index (χ2v) is 7.93. The molecular formula is C14H21NO2S. The predicted octanol–water partition coefficient (Wildman–Crippen LogP) is 2.77. The van der Waals surface area contributed by atoms with E-state index in [0.29, 0.717) is 4.90 Å². The fourth-order valence-corrected chi connectivity index (χ4v) is 4.05. The molecule has 18 heavy (non-hydrogen) atoms. The fraction of sp³-hybridized carbons (Fsp3) is 0.571. The average molecular weight is 267 g/mol. The molecule has 0 spiro atoms. The number of hydrogen-bond donors (Lipinski definition) is 0. The van der Waals surface area contributed by atoms with E-state index in [1.165, 1.54) is 0 Å². The molecule has 1 heterocycles. The molecule has 1 aliphatic heterocycles. The molecule has 100 valence electrons. The zero-order chi connectivity index (χ0) is 13.7. The van der Waals surface area contributed by atoms with Crippen LogP contribution < -0.4 is 0 Å². The van der Waals surface area contributed by atoms with Gasteiger partial charge in [0.25, 0.3) is 0 Å². The molecule has 2 atom stereocenters. The van der Waals surface area contributed by atoms with Gasteiger partial charge in [0.05, 0.1) is 4.90 Å². The smallest absolute Gasteiger partial charge is 0.207 e. The van der Waals surface area contributed by atoms with Gasteiger partial charge in [-0.15, -0.1) is 0 Å². The Kier molecular flexibility index (Phi) is 3.06. The lowest BCUT2D eigenvalue weighted by atomic mass is 9.87. The largest absolute Gasteiger partial charge is 0.243 e. The minimum atomic E-state index is -3.29. The van der Waals surface area contributed by atoms with Crippen molar-refractivity contribution in [1.82, 2.24) is 4.31 Å². The van der Waals surface area contributed by atoms with E-state index in [0.717, 1.165) is 5.56 Å². The van der Waals surface area contributed by atoms with E-state index in [1.807, 2.05) is 26.0 Å². The molecular weight excluding hydrogens is 246 g/mol. The van der Waals surface area contributed by atoms with Gasteiger partial charge in [0.2, 0.25) is 10.0 Å². The lowest BCUT2D eigenvalue weighted by Crippen LogP contribution is -2.16. The molecule has 3 nitrogen and oxygen atoms in total. The van der Waals surface area contributed by atoms with Crippen molar-refractivity contribution in [1.29, 1.82) is 0 Å². The van der Waals surface area contributed by atoms with Gasteiger partial charge in [-0.3, -0.25) is 0 Å². The first-order chi connectivity index (χ1) is 8.15. The summed E-state index contributed by atoms with van der Waals surface area (Å²) in [6, 6.07) is 7.49. The number of sulfonamides is 1. The Balaban J connectivity index is 2.31. The van der Waals surface area contributed by atoms with Crippen molar-refractivity contribution in [2.24, 2.45) is 0 Å². The minimum Gasteiger partial charge on any atom is -0.207 e. The first-order valence-electron chi connectivity index (χ1n) is 6.30.